The van der Waals surface area contributed by atoms with Crippen LogP contribution < -0.4 is 21.7 Å². The summed E-state index contributed by atoms with van der Waals surface area (Å²) in [6.45, 7) is 1.66. The molecular formula is C20H18N6O3S. The number of aromatic nitrogens is 3. The maximum absolute atomic E-state index is 12.6. The Hall–Kier alpha value is -3.79. The highest BCUT2D eigenvalue weighted by atomic mass is 32.1. The molecule has 2 aromatic heterocycles. The molecule has 2 heterocycles. The van der Waals surface area contributed by atoms with Crippen molar-refractivity contribution in [2.24, 2.45) is 7.05 Å². The smallest absolute Gasteiger partial charge is 0.290 e. The fraction of sp³-hybridized carbons (Fsp3) is 0.150. The first-order valence-electron chi connectivity index (χ1n) is 9.12. The van der Waals surface area contributed by atoms with E-state index in [0.717, 1.165) is 14.9 Å². The Bertz CT molecular complexity index is 1300. The Balaban J connectivity index is 1.44. The maximum Gasteiger partial charge on any atom is 0.290 e. The summed E-state index contributed by atoms with van der Waals surface area (Å²) >= 11 is 1.44. The quantitative estimate of drug-likeness (QED) is 0.432. The van der Waals surface area contributed by atoms with Crippen molar-refractivity contribution in [2.45, 2.75) is 13.0 Å². The Kier molecular flexibility index (Phi) is 5.15. The number of hydrogen-bond acceptors (Lipinski definition) is 7. The molecule has 152 valence electrons. The number of nitrogens with zero attached hydrogens (tertiary/aromatic N) is 3. The molecule has 0 aliphatic carbocycles. The number of amides is 2. The van der Waals surface area contributed by atoms with Gasteiger partial charge in [0.15, 0.2) is 10.8 Å². The highest BCUT2D eigenvalue weighted by Gasteiger charge is 2.19. The predicted molar refractivity (Wildman–Crippen MR) is 115 cm³/mol. The standard InChI is InChI=1S/C20H18N6O3S/c1-11(21-20-22-14-9-5-6-10-15(14)30-20)17(27)23-24-18(28)16-12-7-3-4-8-13(12)19(29)26(2)25-16/h3-11H,1-2H3,(H,21,22)(H,23,27)(H,24,28). The summed E-state index contributed by atoms with van der Waals surface area (Å²) in [4.78, 5) is 41.6. The molecule has 1 unspecified atom stereocenters. The van der Waals surface area contributed by atoms with Gasteiger partial charge in [0.05, 0.1) is 15.6 Å². The van der Waals surface area contributed by atoms with E-state index >= 15 is 0 Å². The molecular weight excluding hydrogens is 404 g/mol. The zero-order valence-electron chi connectivity index (χ0n) is 16.2. The fourth-order valence-electron chi connectivity index (χ4n) is 2.94. The minimum Gasteiger partial charge on any atom is -0.350 e. The van der Waals surface area contributed by atoms with Crippen LogP contribution in [-0.2, 0) is 11.8 Å². The van der Waals surface area contributed by atoms with Crippen molar-refractivity contribution in [1.29, 1.82) is 0 Å². The Morgan fingerprint density at radius 2 is 1.73 bits per heavy atom. The molecule has 0 spiro atoms. The molecule has 0 bridgehead atoms. The maximum atomic E-state index is 12.6. The number of carbonyl (C=O) groups is 2. The van der Waals surface area contributed by atoms with Gasteiger partial charge in [0.1, 0.15) is 6.04 Å². The first-order valence-corrected chi connectivity index (χ1v) is 9.94. The van der Waals surface area contributed by atoms with Crippen LogP contribution in [0.3, 0.4) is 0 Å². The molecule has 1 atom stereocenters. The van der Waals surface area contributed by atoms with Crippen molar-refractivity contribution in [3.8, 4) is 0 Å². The van der Waals surface area contributed by atoms with Crippen molar-refractivity contribution in [3.63, 3.8) is 0 Å². The van der Waals surface area contributed by atoms with Gasteiger partial charge in [-0.05, 0) is 25.1 Å². The Labute approximate surface area is 174 Å². The van der Waals surface area contributed by atoms with Crippen molar-refractivity contribution < 1.29 is 9.59 Å². The van der Waals surface area contributed by atoms with Gasteiger partial charge in [0.2, 0.25) is 0 Å². The van der Waals surface area contributed by atoms with Gasteiger partial charge in [-0.1, -0.05) is 41.7 Å². The van der Waals surface area contributed by atoms with Crippen LogP contribution in [0, 0.1) is 0 Å². The van der Waals surface area contributed by atoms with E-state index in [1.54, 1.807) is 31.2 Å². The van der Waals surface area contributed by atoms with Gasteiger partial charge in [-0.2, -0.15) is 5.10 Å². The molecule has 0 saturated carbocycles. The van der Waals surface area contributed by atoms with Crippen LogP contribution >= 0.6 is 11.3 Å². The monoisotopic (exact) mass is 422 g/mol. The number of hydrogen-bond donors (Lipinski definition) is 3. The van der Waals surface area contributed by atoms with Crippen LogP contribution in [0.25, 0.3) is 21.0 Å². The van der Waals surface area contributed by atoms with Crippen LogP contribution in [0.5, 0.6) is 0 Å². The zero-order chi connectivity index (χ0) is 21.3. The zero-order valence-corrected chi connectivity index (χ0v) is 17.0. The van der Waals surface area contributed by atoms with Gasteiger partial charge >= 0.3 is 0 Å². The lowest BCUT2D eigenvalue weighted by Crippen LogP contribution is -2.48. The first-order chi connectivity index (χ1) is 14.4. The molecule has 10 heteroatoms. The fourth-order valence-corrected chi connectivity index (χ4v) is 3.89. The molecule has 0 saturated heterocycles. The summed E-state index contributed by atoms with van der Waals surface area (Å²) in [6.07, 6.45) is 0. The summed E-state index contributed by atoms with van der Waals surface area (Å²) in [6, 6.07) is 13.7. The molecule has 2 aromatic carbocycles. The average molecular weight is 422 g/mol. The summed E-state index contributed by atoms with van der Waals surface area (Å²) in [7, 11) is 1.47. The van der Waals surface area contributed by atoms with E-state index in [4.69, 9.17) is 0 Å². The van der Waals surface area contributed by atoms with Crippen LogP contribution in [0.2, 0.25) is 0 Å². The van der Waals surface area contributed by atoms with Gasteiger partial charge in [0, 0.05) is 12.4 Å². The normalized spacial score (nSPS) is 11.9. The molecule has 3 N–H and O–H groups in total. The number of fused-ring (bicyclic) bond motifs is 2. The van der Waals surface area contributed by atoms with Crippen molar-refractivity contribution in [1.82, 2.24) is 25.6 Å². The predicted octanol–water partition coefficient (Wildman–Crippen LogP) is 1.80. The highest BCUT2D eigenvalue weighted by Crippen LogP contribution is 2.25. The van der Waals surface area contributed by atoms with Crippen LogP contribution in [-0.4, -0.2) is 32.6 Å². The lowest BCUT2D eigenvalue weighted by atomic mass is 10.1. The Morgan fingerprint density at radius 3 is 2.50 bits per heavy atom. The third kappa shape index (κ3) is 3.72. The number of carbonyl (C=O) groups excluding carboxylic acids is 2. The third-order valence-corrected chi connectivity index (χ3v) is 5.47. The van der Waals surface area contributed by atoms with Crippen molar-refractivity contribution in [3.05, 3.63) is 64.6 Å². The van der Waals surface area contributed by atoms with Crippen molar-refractivity contribution >= 4 is 49.3 Å². The van der Waals surface area contributed by atoms with Crippen LogP contribution in [0.1, 0.15) is 17.4 Å². The van der Waals surface area contributed by atoms with Gasteiger partial charge < -0.3 is 5.32 Å². The molecule has 9 nitrogen and oxygen atoms in total. The second-order valence-electron chi connectivity index (χ2n) is 6.62. The number of aryl methyl sites for hydroxylation is 1. The molecule has 4 aromatic rings. The molecule has 4 rings (SSSR count). The van der Waals surface area contributed by atoms with Crippen molar-refractivity contribution in [2.75, 3.05) is 5.32 Å². The molecule has 30 heavy (non-hydrogen) atoms. The minimum absolute atomic E-state index is 0.0415. The third-order valence-electron chi connectivity index (χ3n) is 4.50. The lowest BCUT2D eigenvalue weighted by molar-refractivity contribution is -0.122. The lowest BCUT2D eigenvalue weighted by Gasteiger charge is -2.14. The van der Waals surface area contributed by atoms with Gasteiger partial charge in [0.25, 0.3) is 17.4 Å². The average Bonchev–Trinajstić information content (AvgIpc) is 3.16. The van der Waals surface area contributed by atoms with E-state index in [2.05, 4.69) is 26.3 Å². The Morgan fingerprint density at radius 1 is 1.03 bits per heavy atom. The summed E-state index contributed by atoms with van der Waals surface area (Å²) in [5.74, 6) is -1.07. The van der Waals surface area contributed by atoms with E-state index in [9.17, 15) is 14.4 Å². The molecule has 0 aliphatic rings. The second kappa shape index (κ2) is 7.91. The molecule has 2 amide bonds. The minimum atomic E-state index is -0.643. The molecule has 0 fully saturated rings. The number of benzene rings is 2. The number of nitrogens with one attached hydrogen (secondary N) is 3. The van der Waals surface area contributed by atoms with E-state index in [1.165, 1.54) is 18.4 Å². The highest BCUT2D eigenvalue weighted by molar-refractivity contribution is 7.22. The number of para-hydroxylation sites is 1. The van der Waals surface area contributed by atoms with Gasteiger partial charge in [-0.15, -0.1) is 0 Å². The SMILES string of the molecule is CC(Nc1nc2ccccc2s1)C(=O)NNC(=O)c1nn(C)c(=O)c2ccccc12. The topological polar surface area (TPSA) is 118 Å². The number of thiazole rings is 1. The van der Waals surface area contributed by atoms with Gasteiger partial charge in [-0.3, -0.25) is 25.2 Å². The number of anilines is 1. The summed E-state index contributed by atoms with van der Waals surface area (Å²) in [5, 5.41) is 8.45. The number of rotatable bonds is 4. The van der Waals surface area contributed by atoms with E-state index < -0.39 is 17.9 Å². The van der Waals surface area contributed by atoms with Crippen LogP contribution in [0.15, 0.2) is 53.3 Å². The number of hydrazine groups is 1. The second-order valence-corrected chi connectivity index (χ2v) is 7.65. The molecule has 0 aliphatic heterocycles. The summed E-state index contributed by atoms with van der Waals surface area (Å²) in [5.41, 5.74) is 5.32. The molecule has 0 radical (unpaired) electrons. The van der Waals surface area contributed by atoms with E-state index in [1.807, 2.05) is 24.3 Å². The first kappa shape index (κ1) is 19.5. The largest absolute Gasteiger partial charge is 0.350 e. The van der Waals surface area contributed by atoms with Gasteiger partial charge in [-0.25, -0.2) is 9.67 Å². The van der Waals surface area contributed by atoms with E-state index in [0.29, 0.717) is 15.9 Å². The summed E-state index contributed by atoms with van der Waals surface area (Å²) < 4.78 is 2.10. The van der Waals surface area contributed by atoms with E-state index in [-0.39, 0.29) is 11.3 Å². The van der Waals surface area contributed by atoms with Crippen LogP contribution in [0.4, 0.5) is 5.13 Å².